The third-order valence-corrected chi connectivity index (χ3v) is 6.88. The molecule has 0 amide bonds. The fourth-order valence-corrected chi connectivity index (χ4v) is 5.59. The molecule has 0 spiro atoms. The van der Waals surface area contributed by atoms with Gasteiger partial charge in [-0.25, -0.2) is 4.79 Å². The number of nitrogens with zero attached hydrogens (tertiary/aromatic N) is 1. The lowest BCUT2D eigenvalue weighted by Crippen LogP contribution is -2.17. The quantitative estimate of drug-likeness (QED) is 0.770. The second-order valence-corrected chi connectivity index (χ2v) is 8.59. The summed E-state index contributed by atoms with van der Waals surface area (Å²) in [5.41, 5.74) is 1.42. The van der Waals surface area contributed by atoms with Crippen LogP contribution in [-0.4, -0.2) is 26.7 Å². The number of esters is 1. The summed E-state index contributed by atoms with van der Waals surface area (Å²) in [6.45, 7) is 1.73. The van der Waals surface area contributed by atoms with E-state index in [1.807, 2.05) is 0 Å². The number of halogens is 1. The van der Waals surface area contributed by atoms with E-state index in [9.17, 15) is 13.2 Å². The van der Waals surface area contributed by atoms with Crippen LogP contribution in [0, 0.1) is 6.92 Å². The highest BCUT2D eigenvalue weighted by atomic mass is 35.5. The zero-order valence-corrected chi connectivity index (χ0v) is 15.7. The van der Waals surface area contributed by atoms with Crippen molar-refractivity contribution < 1.29 is 17.9 Å². The Kier molecular flexibility index (Phi) is 4.60. The summed E-state index contributed by atoms with van der Waals surface area (Å²) in [5.74, 6) is -0.512. The van der Waals surface area contributed by atoms with Gasteiger partial charge in [-0.1, -0.05) is 11.6 Å². The van der Waals surface area contributed by atoms with Crippen molar-refractivity contribution in [1.82, 2.24) is 0 Å². The van der Waals surface area contributed by atoms with E-state index < -0.39 is 16.0 Å². The highest BCUT2D eigenvalue weighted by molar-refractivity contribution is 8.15. The number of thiophene rings is 1. The molecular weight excluding hydrogens is 392 g/mol. The summed E-state index contributed by atoms with van der Waals surface area (Å²) in [7, 11) is -2.56. The number of aryl methyl sites for hydroxylation is 1. The van der Waals surface area contributed by atoms with E-state index in [4.69, 9.17) is 16.3 Å². The number of nitrogens with one attached hydrogen (secondary N) is 1. The average Bonchev–Trinajstić information content (AvgIpc) is 2.96. The van der Waals surface area contributed by atoms with Crippen LogP contribution in [0.15, 0.2) is 37.1 Å². The molecule has 24 heavy (non-hydrogen) atoms. The molecule has 1 N–H and O–H groups in total. The Balaban J connectivity index is 1.98. The zero-order chi connectivity index (χ0) is 17.5. The van der Waals surface area contributed by atoms with Crippen molar-refractivity contribution in [2.75, 3.05) is 12.4 Å². The summed E-state index contributed by atoms with van der Waals surface area (Å²) in [4.78, 5) is 12.3. The SMILES string of the molecule is COC(=O)c1cscc1NC1=NS(=O)(=O)c2cc(C)c(Cl)cc2S1. The number of carbonyl (C=O) groups excluding carboxylic acids is 1. The number of hydrogen-bond acceptors (Lipinski definition) is 7. The van der Waals surface area contributed by atoms with Crippen molar-refractivity contribution in [3.63, 3.8) is 0 Å². The van der Waals surface area contributed by atoms with Gasteiger partial charge in [-0.3, -0.25) is 0 Å². The third kappa shape index (κ3) is 3.16. The number of benzene rings is 1. The molecule has 0 bridgehead atoms. The van der Waals surface area contributed by atoms with Crippen LogP contribution in [0.2, 0.25) is 5.02 Å². The molecule has 0 saturated carbocycles. The molecule has 0 aliphatic carbocycles. The molecular formula is C14H11ClN2O4S3. The predicted molar refractivity (Wildman–Crippen MR) is 95.9 cm³/mol. The number of methoxy groups -OCH3 is 1. The molecule has 1 aromatic carbocycles. The first kappa shape index (κ1) is 17.3. The molecule has 10 heteroatoms. The van der Waals surface area contributed by atoms with Gasteiger partial charge in [-0.05, 0) is 36.4 Å². The van der Waals surface area contributed by atoms with E-state index >= 15 is 0 Å². The first-order chi connectivity index (χ1) is 11.3. The molecule has 6 nitrogen and oxygen atoms in total. The largest absolute Gasteiger partial charge is 0.465 e. The van der Waals surface area contributed by atoms with Crippen molar-refractivity contribution in [1.29, 1.82) is 0 Å². The van der Waals surface area contributed by atoms with Crippen molar-refractivity contribution in [2.24, 2.45) is 4.40 Å². The first-order valence-corrected chi connectivity index (χ1v) is 10.1. The Labute approximate surface area is 151 Å². The average molecular weight is 403 g/mol. The first-order valence-electron chi connectivity index (χ1n) is 6.56. The van der Waals surface area contributed by atoms with E-state index in [0.717, 1.165) is 11.8 Å². The van der Waals surface area contributed by atoms with Gasteiger partial charge in [0.15, 0.2) is 5.17 Å². The van der Waals surface area contributed by atoms with Crippen molar-refractivity contribution >= 4 is 61.5 Å². The van der Waals surface area contributed by atoms with Crippen LogP contribution < -0.4 is 5.32 Å². The standard InChI is InChI=1S/C14H11ClN2O4S3/c1-7-3-12-11(4-9(7)15)23-14(17-24(12,19)20)16-10-6-22-5-8(10)13(18)21-2/h3-6H,1-2H3,(H,16,17). The molecule has 0 fully saturated rings. The van der Waals surface area contributed by atoms with Gasteiger partial charge < -0.3 is 10.1 Å². The maximum atomic E-state index is 12.4. The maximum Gasteiger partial charge on any atom is 0.340 e. The minimum Gasteiger partial charge on any atom is -0.465 e. The number of carbonyl (C=O) groups is 1. The number of amidine groups is 1. The summed E-state index contributed by atoms with van der Waals surface area (Å²) in [6, 6.07) is 3.10. The van der Waals surface area contributed by atoms with Gasteiger partial charge in [-0.15, -0.1) is 15.7 Å². The van der Waals surface area contributed by atoms with Crippen LogP contribution in [-0.2, 0) is 14.8 Å². The smallest absolute Gasteiger partial charge is 0.340 e. The van der Waals surface area contributed by atoms with Gasteiger partial charge in [0.25, 0.3) is 10.0 Å². The number of hydrogen-bond donors (Lipinski definition) is 1. The van der Waals surface area contributed by atoms with E-state index in [1.165, 1.54) is 24.5 Å². The Hall–Kier alpha value is -1.55. The molecule has 0 atom stereocenters. The van der Waals surface area contributed by atoms with Gasteiger partial charge in [0, 0.05) is 20.7 Å². The number of sulfonamides is 1. The molecule has 3 rings (SSSR count). The van der Waals surface area contributed by atoms with Gasteiger partial charge in [0.1, 0.15) is 4.90 Å². The van der Waals surface area contributed by atoms with E-state index in [0.29, 0.717) is 26.7 Å². The lowest BCUT2D eigenvalue weighted by atomic mass is 10.2. The fraction of sp³-hybridized carbons (Fsp3) is 0.143. The molecule has 1 aromatic heterocycles. The van der Waals surface area contributed by atoms with Crippen LogP contribution >= 0.6 is 34.7 Å². The van der Waals surface area contributed by atoms with Crippen LogP contribution in [0.5, 0.6) is 0 Å². The minimum atomic E-state index is -3.84. The number of thioether (sulfide) groups is 1. The number of fused-ring (bicyclic) bond motifs is 1. The third-order valence-electron chi connectivity index (χ3n) is 3.22. The topological polar surface area (TPSA) is 84.8 Å². The summed E-state index contributed by atoms with van der Waals surface area (Å²) < 4.78 is 33.2. The lowest BCUT2D eigenvalue weighted by molar-refractivity contribution is 0.0602. The zero-order valence-electron chi connectivity index (χ0n) is 12.5. The normalized spacial score (nSPS) is 15.4. The Morgan fingerprint density at radius 1 is 1.33 bits per heavy atom. The van der Waals surface area contributed by atoms with Gasteiger partial charge >= 0.3 is 5.97 Å². The summed E-state index contributed by atoms with van der Waals surface area (Å²) in [5, 5.41) is 6.79. The number of anilines is 1. The molecule has 1 aliphatic heterocycles. The molecule has 2 heterocycles. The van der Waals surface area contributed by atoms with Crippen LogP contribution in [0.4, 0.5) is 5.69 Å². The van der Waals surface area contributed by atoms with Gasteiger partial charge in [-0.2, -0.15) is 8.42 Å². The Bertz CT molecular complexity index is 966. The minimum absolute atomic E-state index is 0.124. The highest BCUT2D eigenvalue weighted by Crippen LogP contribution is 2.38. The molecule has 0 radical (unpaired) electrons. The molecule has 0 unspecified atom stereocenters. The Morgan fingerprint density at radius 2 is 2.08 bits per heavy atom. The number of rotatable bonds is 2. The lowest BCUT2D eigenvalue weighted by Gasteiger charge is -2.17. The van der Waals surface area contributed by atoms with Gasteiger partial charge in [0.2, 0.25) is 0 Å². The monoisotopic (exact) mass is 402 g/mol. The molecule has 1 aliphatic rings. The van der Waals surface area contributed by atoms with Crippen LogP contribution in [0.3, 0.4) is 0 Å². The molecule has 0 saturated heterocycles. The van der Waals surface area contributed by atoms with Crippen LogP contribution in [0.1, 0.15) is 15.9 Å². The molecule has 126 valence electrons. The maximum absolute atomic E-state index is 12.4. The van der Waals surface area contributed by atoms with Gasteiger partial charge in [0.05, 0.1) is 18.4 Å². The summed E-state index contributed by atoms with van der Waals surface area (Å²) >= 11 is 8.51. The second kappa shape index (κ2) is 6.40. The fourth-order valence-electron chi connectivity index (χ4n) is 2.02. The van der Waals surface area contributed by atoms with E-state index in [1.54, 1.807) is 23.8 Å². The number of ether oxygens (including phenoxy) is 1. The molecule has 2 aromatic rings. The van der Waals surface area contributed by atoms with E-state index in [2.05, 4.69) is 9.71 Å². The van der Waals surface area contributed by atoms with Crippen molar-refractivity contribution in [3.8, 4) is 0 Å². The Morgan fingerprint density at radius 3 is 2.79 bits per heavy atom. The van der Waals surface area contributed by atoms with Crippen molar-refractivity contribution in [3.05, 3.63) is 39.0 Å². The van der Waals surface area contributed by atoms with Crippen molar-refractivity contribution in [2.45, 2.75) is 16.7 Å². The van der Waals surface area contributed by atoms with Crippen LogP contribution in [0.25, 0.3) is 0 Å². The summed E-state index contributed by atoms with van der Waals surface area (Å²) in [6.07, 6.45) is 0. The second-order valence-electron chi connectivity index (χ2n) is 4.84. The highest BCUT2D eigenvalue weighted by Gasteiger charge is 2.28. The predicted octanol–water partition coefficient (Wildman–Crippen LogP) is 3.76. The van der Waals surface area contributed by atoms with E-state index in [-0.39, 0.29) is 10.1 Å².